The Kier molecular flexibility index (Phi) is 4.50. The van der Waals surface area contributed by atoms with Crippen LogP contribution in [-0.4, -0.2) is 33.6 Å². The second kappa shape index (κ2) is 5.46. The van der Waals surface area contributed by atoms with Crippen molar-refractivity contribution in [2.75, 3.05) is 13.1 Å². The van der Waals surface area contributed by atoms with Crippen LogP contribution in [0, 0.1) is 5.92 Å². The number of rotatable bonds is 6. The summed E-state index contributed by atoms with van der Waals surface area (Å²) in [7, 11) is 1.92. The summed E-state index contributed by atoms with van der Waals surface area (Å²) >= 11 is 0. The predicted molar refractivity (Wildman–Crippen MR) is 65.2 cm³/mol. The summed E-state index contributed by atoms with van der Waals surface area (Å²) < 4.78 is 1.81. The number of aryl methyl sites for hydroxylation is 1. The normalized spacial score (nSPS) is 15.4. The second-order valence-electron chi connectivity index (χ2n) is 4.96. The molecule has 1 unspecified atom stereocenters. The molecule has 0 saturated carbocycles. The van der Waals surface area contributed by atoms with Gasteiger partial charge in [0.15, 0.2) is 0 Å². The van der Waals surface area contributed by atoms with Crippen molar-refractivity contribution >= 4 is 0 Å². The summed E-state index contributed by atoms with van der Waals surface area (Å²) in [4.78, 5) is 0. The summed E-state index contributed by atoms with van der Waals surface area (Å²) in [6, 6.07) is 0. The van der Waals surface area contributed by atoms with Crippen LogP contribution in [0.4, 0.5) is 0 Å². The molecule has 0 aliphatic carbocycles. The van der Waals surface area contributed by atoms with Gasteiger partial charge in [-0.05, 0) is 31.4 Å². The van der Waals surface area contributed by atoms with E-state index in [9.17, 15) is 5.11 Å². The average Bonchev–Trinajstić information content (AvgIpc) is 2.59. The van der Waals surface area contributed by atoms with Gasteiger partial charge in [-0.2, -0.15) is 5.10 Å². The highest BCUT2D eigenvalue weighted by molar-refractivity contribution is 5.03. The minimum atomic E-state index is -0.630. The van der Waals surface area contributed by atoms with Crippen LogP contribution in [0.2, 0.25) is 0 Å². The number of hydrogen-bond acceptors (Lipinski definition) is 3. The van der Waals surface area contributed by atoms with Gasteiger partial charge in [0, 0.05) is 19.8 Å². The molecule has 0 spiro atoms. The molecule has 2 N–H and O–H groups in total. The molecule has 0 aliphatic rings. The standard InChI is InChI=1S/C12H23N3O/c1-10(2)12(3,16)9-13-6-5-11-7-14-15(4)8-11/h7-8,10,13,16H,5-6,9H2,1-4H3. The van der Waals surface area contributed by atoms with E-state index in [1.54, 1.807) is 4.68 Å². The zero-order valence-electron chi connectivity index (χ0n) is 10.7. The molecule has 1 atom stereocenters. The van der Waals surface area contributed by atoms with Gasteiger partial charge in [0.2, 0.25) is 0 Å². The molecule has 1 heterocycles. The molecule has 0 fully saturated rings. The maximum Gasteiger partial charge on any atom is 0.0766 e. The molecule has 0 aliphatic heterocycles. The fourth-order valence-corrected chi connectivity index (χ4v) is 1.38. The van der Waals surface area contributed by atoms with Gasteiger partial charge in [0.25, 0.3) is 0 Å². The smallest absolute Gasteiger partial charge is 0.0766 e. The Morgan fingerprint density at radius 1 is 1.56 bits per heavy atom. The highest BCUT2D eigenvalue weighted by Gasteiger charge is 2.23. The van der Waals surface area contributed by atoms with Crippen molar-refractivity contribution < 1.29 is 5.11 Å². The van der Waals surface area contributed by atoms with Crippen molar-refractivity contribution in [1.82, 2.24) is 15.1 Å². The number of aliphatic hydroxyl groups is 1. The van der Waals surface area contributed by atoms with E-state index >= 15 is 0 Å². The van der Waals surface area contributed by atoms with Crippen LogP contribution < -0.4 is 5.32 Å². The van der Waals surface area contributed by atoms with Crippen LogP contribution in [0.1, 0.15) is 26.3 Å². The fourth-order valence-electron chi connectivity index (χ4n) is 1.38. The van der Waals surface area contributed by atoms with E-state index in [0.29, 0.717) is 6.54 Å². The molecular formula is C12H23N3O. The lowest BCUT2D eigenvalue weighted by molar-refractivity contribution is 0.0145. The maximum atomic E-state index is 10.0. The average molecular weight is 225 g/mol. The Labute approximate surface area is 97.7 Å². The highest BCUT2D eigenvalue weighted by atomic mass is 16.3. The van der Waals surface area contributed by atoms with Crippen molar-refractivity contribution in [3.05, 3.63) is 18.0 Å². The first kappa shape index (κ1) is 13.2. The molecule has 0 amide bonds. The molecule has 1 rings (SSSR count). The SMILES string of the molecule is CC(C)C(C)(O)CNCCc1cnn(C)c1. The Balaban J connectivity index is 2.22. The monoisotopic (exact) mass is 225 g/mol. The Hall–Kier alpha value is -0.870. The van der Waals surface area contributed by atoms with E-state index in [1.807, 2.05) is 40.2 Å². The Morgan fingerprint density at radius 2 is 2.25 bits per heavy atom. The van der Waals surface area contributed by atoms with Gasteiger partial charge in [-0.15, -0.1) is 0 Å². The fraction of sp³-hybridized carbons (Fsp3) is 0.750. The largest absolute Gasteiger partial charge is 0.389 e. The molecule has 0 radical (unpaired) electrons. The quantitative estimate of drug-likeness (QED) is 0.709. The Morgan fingerprint density at radius 3 is 2.75 bits per heavy atom. The first-order valence-corrected chi connectivity index (χ1v) is 5.82. The molecule has 1 aromatic rings. The number of hydrogen-bond donors (Lipinski definition) is 2. The summed E-state index contributed by atoms with van der Waals surface area (Å²) in [6.45, 7) is 7.43. The molecule has 0 bridgehead atoms. The van der Waals surface area contributed by atoms with Crippen molar-refractivity contribution in [2.24, 2.45) is 13.0 Å². The zero-order valence-corrected chi connectivity index (χ0v) is 10.7. The van der Waals surface area contributed by atoms with Gasteiger partial charge in [-0.25, -0.2) is 0 Å². The third kappa shape index (κ3) is 3.94. The molecule has 1 aromatic heterocycles. The molecular weight excluding hydrogens is 202 g/mol. The summed E-state index contributed by atoms with van der Waals surface area (Å²) in [6.07, 6.45) is 4.84. The van der Waals surface area contributed by atoms with Crippen LogP contribution in [0.5, 0.6) is 0 Å². The van der Waals surface area contributed by atoms with Gasteiger partial charge >= 0.3 is 0 Å². The lowest BCUT2D eigenvalue weighted by Gasteiger charge is -2.27. The second-order valence-corrected chi connectivity index (χ2v) is 4.96. The van der Waals surface area contributed by atoms with Crippen LogP contribution >= 0.6 is 0 Å². The van der Waals surface area contributed by atoms with E-state index in [-0.39, 0.29) is 5.92 Å². The number of nitrogens with zero attached hydrogens (tertiary/aromatic N) is 2. The molecule has 16 heavy (non-hydrogen) atoms. The third-order valence-corrected chi connectivity index (χ3v) is 3.08. The van der Waals surface area contributed by atoms with Gasteiger partial charge in [0.1, 0.15) is 0 Å². The number of nitrogens with one attached hydrogen (secondary N) is 1. The van der Waals surface area contributed by atoms with E-state index in [0.717, 1.165) is 13.0 Å². The molecule has 92 valence electrons. The zero-order chi connectivity index (χ0) is 12.2. The van der Waals surface area contributed by atoms with E-state index in [4.69, 9.17) is 0 Å². The van der Waals surface area contributed by atoms with E-state index in [2.05, 4.69) is 10.4 Å². The summed E-state index contributed by atoms with van der Waals surface area (Å²) in [5.41, 5.74) is 0.591. The topological polar surface area (TPSA) is 50.1 Å². The van der Waals surface area contributed by atoms with Gasteiger partial charge in [-0.3, -0.25) is 4.68 Å². The van der Waals surface area contributed by atoms with Crippen molar-refractivity contribution in [1.29, 1.82) is 0 Å². The van der Waals surface area contributed by atoms with Crippen LogP contribution in [0.15, 0.2) is 12.4 Å². The summed E-state index contributed by atoms with van der Waals surface area (Å²) in [5.74, 6) is 0.262. The van der Waals surface area contributed by atoms with Crippen molar-refractivity contribution in [3.8, 4) is 0 Å². The molecule has 4 heteroatoms. The van der Waals surface area contributed by atoms with Crippen LogP contribution in [-0.2, 0) is 13.5 Å². The lowest BCUT2D eigenvalue weighted by atomic mass is 9.92. The number of aromatic nitrogens is 2. The molecule has 0 saturated heterocycles. The first-order valence-electron chi connectivity index (χ1n) is 5.82. The predicted octanol–water partition coefficient (Wildman–Crippen LogP) is 0.959. The lowest BCUT2D eigenvalue weighted by Crippen LogP contribution is -2.42. The van der Waals surface area contributed by atoms with Gasteiger partial charge < -0.3 is 10.4 Å². The van der Waals surface area contributed by atoms with Crippen molar-refractivity contribution in [2.45, 2.75) is 32.8 Å². The molecule has 0 aromatic carbocycles. The maximum absolute atomic E-state index is 10.0. The molecule has 4 nitrogen and oxygen atoms in total. The van der Waals surface area contributed by atoms with Crippen LogP contribution in [0.25, 0.3) is 0 Å². The summed E-state index contributed by atoms with van der Waals surface area (Å²) in [5, 5.41) is 17.4. The minimum absolute atomic E-state index is 0.262. The minimum Gasteiger partial charge on any atom is -0.389 e. The van der Waals surface area contributed by atoms with Gasteiger partial charge in [-0.1, -0.05) is 13.8 Å². The third-order valence-electron chi connectivity index (χ3n) is 3.08. The van der Waals surface area contributed by atoms with E-state index < -0.39 is 5.60 Å². The highest BCUT2D eigenvalue weighted by Crippen LogP contribution is 2.14. The van der Waals surface area contributed by atoms with E-state index in [1.165, 1.54) is 5.56 Å². The Bertz CT molecular complexity index is 318. The van der Waals surface area contributed by atoms with Crippen molar-refractivity contribution in [3.63, 3.8) is 0 Å². The first-order chi connectivity index (χ1) is 7.42. The van der Waals surface area contributed by atoms with Crippen LogP contribution in [0.3, 0.4) is 0 Å². The van der Waals surface area contributed by atoms with Gasteiger partial charge in [0.05, 0.1) is 11.8 Å².